The number of hydrogen-bond donors (Lipinski definition) is 1. The van der Waals surface area contributed by atoms with E-state index in [4.69, 9.17) is 4.74 Å². The van der Waals surface area contributed by atoms with Gasteiger partial charge in [-0.2, -0.15) is 0 Å². The Bertz CT molecular complexity index is 448. The van der Waals surface area contributed by atoms with Crippen molar-refractivity contribution in [1.82, 2.24) is 4.90 Å². The highest BCUT2D eigenvalue weighted by Crippen LogP contribution is 2.37. The Kier molecular flexibility index (Phi) is 5.28. The maximum atomic E-state index is 10.4. The minimum absolute atomic E-state index is 0.458. The number of aliphatic hydroxyl groups excluding tert-OH is 1. The lowest BCUT2D eigenvalue weighted by Gasteiger charge is -2.39. The van der Waals surface area contributed by atoms with E-state index in [1.54, 1.807) is 7.11 Å². The molecule has 0 amide bonds. The minimum atomic E-state index is -0.458. The van der Waals surface area contributed by atoms with Gasteiger partial charge in [0.25, 0.3) is 0 Å². The van der Waals surface area contributed by atoms with Crippen LogP contribution < -0.4 is 4.74 Å². The second-order valence-electron chi connectivity index (χ2n) is 7.13. The third kappa shape index (κ3) is 4.45. The van der Waals surface area contributed by atoms with Crippen LogP contribution in [-0.2, 0) is 0 Å². The molecule has 0 heterocycles. The van der Waals surface area contributed by atoms with E-state index < -0.39 is 6.10 Å². The maximum Gasteiger partial charge on any atom is 0.119 e. The Morgan fingerprint density at radius 1 is 1.33 bits per heavy atom. The van der Waals surface area contributed by atoms with Gasteiger partial charge in [0.15, 0.2) is 0 Å². The van der Waals surface area contributed by atoms with E-state index in [0.717, 1.165) is 11.3 Å². The molecule has 0 aliphatic heterocycles. The lowest BCUT2D eigenvalue weighted by atomic mass is 9.75. The fourth-order valence-electron chi connectivity index (χ4n) is 3.20. The van der Waals surface area contributed by atoms with Gasteiger partial charge in [-0.25, -0.2) is 0 Å². The van der Waals surface area contributed by atoms with Crippen LogP contribution in [0.5, 0.6) is 5.75 Å². The predicted molar refractivity (Wildman–Crippen MR) is 86.6 cm³/mol. The lowest BCUT2D eigenvalue weighted by Crippen LogP contribution is -2.39. The summed E-state index contributed by atoms with van der Waals surface area (Å²) in [7, 11) is 3.79. The number of methoxy groups -OCH3 is 1. The molecule has 3 nitrogen and oxygen atoms in total. The van der Waals surface area contributed by atoms with E-state index in [2.05, 4.69) is 25.8 Å². The highest BCUT2D eigenvalue weighted by molar-refractivity contribution is 5.29. The summed E-state index contributed by atoms with van der Waals surface area (Å²) in [6.45, 7) is 5.39. The van der Waals surface area contributed by atoms with Crippen LogP contribution in [0.1, 0.15) is 51.2 Å². The average Bonchev–Trinajstić information content (AvgIpc) is 2.47. The molecule has 1 aliphatic carbocycles. The predicted octanol–water partition coefficient (Wildman–Crippen LogP) is 3.63. The van der Waals surface area contributed by atoms with Gasteiger partial charge >= 0.3 is 0 Å². The van der Waals surface area contributed by atoms with E-state index in [-0.39, 0.29) is 0 Å². The zero-order chi connectivity index (χ0) is 15.5. The fraction of sp³-hybridized carbons (Fsp3) is 0.667. The molecule has 1 unspecified atom stereocenters. The summed E-state index contributed by atoms with van der Waals surface area (Å²) in [6.07, 6.45) is 4.55. The third-order valence-electron chi connectivity index (χ3n) is 4.87. The summed E-state index contributed by atoms with van der Waals surface area (Å²) < 4.78 is 5.22. The van der Waals surface area contributed by atoms with Crippen LogP contribution in [0.3, 0.4) is 0 Å². The van der Waals surface area contributed by atoms with Crippen LogP contribution in [0.25, 0.3) is 0 Å². The topological polar surface area (TPSA) is 32.7 Å². The molecule has 1 N–H and O–H groups in total. The Labute approximate surface area is 128 Å². The van der Waals surface area contributed by atoms with Gasteiger partial charge in [-0.1, -0.05) is 26.0 Å². The first-order chi connectivity index (χ1) is 9.91. The molecule has 2 rings (SSSR count). The zero-order valence-corrected chi connectivity index (χ0v) is 13.8. The molecule has 1 aromatic rings. The van der Waals surface area contributed by atoms with Gasteiger partial charge in [-0.3, -0.25) is 0 Å². The number of benzene rings is 1. The summed E-state index contributed by atoms with van der Waals surface area (Å²) >= 11 is 0. The van der Waals surface area contributed by atoms with E-state index in [0.29, 0.717) is 18.0 Å². The Hall–Kier alpha value is -1.06. The average molecular weight is 291 g/mol. The van der Waals surface area contributed by atoms with Crippen molar-refractivity contribution in [2.75, 3.05) is 20.7 Å². The normalized spacial score (nSPS) is 20.5. The van der Waals surface area contributed by atoms with Gasteiger partial charge in [0.2, 0.25) is 0 Å². The zero-order valence-electron chi connectivity index (χ0n) is 13.8. The van der Waals surface area contributed by atoms with Crippen molar-refractivity contribution in [2.24, 2.45) is 5.41 Å². The van der Waals surface area contributed by atoms with Crippen molar-refractivity contribution in [2.45, 2.75) is 51.7 Å². The first-order valence-corrected chi connectivity index (χ1v) is 7.93. The lowest BCUT2D eigenvalue weighted by molar-refractivity contribution is 0.0721. The smallest absolute Gasteiger partial charge is 0.119 e. The van der Waals surface area contributed by atoms with Gasteiger partial charge < -0.3 is 14.7 Å². The molecule has 1 aromatic carbocycles. The number of aliphatic hydroxyl groups is 1. The molecule has 1 saturated carbocycles. The first-order valence-electron chi connectivity index (χ1n) is 7.93. The molecule has 0 bridgehead atoms. The highest BCUT2D eigenvalue weighted by Gasteiger charge is 2.29. The van der Waals surface area contributed by atoms with Crippen molar-refractivity contribution in [3.8, 4) is 5.75 Å². The molecule has 0 spiro atoms. The van der Waals surface area contributed by atoms with Crippen LogP contribution in [0.15, 0.2) is 24.3 Å². The van der Waals surface area contributed by atoms with Crippen LogP contribution in [0.2, 0.25) is 0 Å². The number of likely N-dealkylation sites (N-methyl/N-ethyl adjacent to an activating group) is 1. The van der Waals surface area contributed by atoms with Gasteiger partial charge in [0, 0.05) is 12.6 Å². The SMILES string of the molecule is COc1cccc(C(O)CN(C)C2CCC(C)(C)CC2)c1. The molecule has 21 heavy (non-hydrogen) atoms. The molecule has 0 radical (unpaired) electrons. The van der Waals surface area contributed by atoms with Crippen LogP contribution in [0.4, 0.5) is 0 Å². The molecule has 0 aromatic heterocycles. The van der Waals surface area contributed by atoms with Crippen molar-refractivity contribution in [3.63, 3.8) is 0 Å². The number of hydrogen-bond acceptors (Lipinski definition) is 3. The van der Waals surface area contributed by atoms with Gasteiger partial charge in [-0.05, 0) is 55.8 Å². The van der Waals surface area contributed by atoms with Crippen molar-refractivity contribution < 1.29 is 9.84 Å². The van der Waals surface area contributed by atoms with Crippen LogP contribution in [-0.4, -0.2) is 36.8 Å². The highest BCUT2D eigenvalue weighted by atomic mass is 16.5. The molecule has 0 saturated heterocycles. The van der Waals surface area contributed by atoms with Gasteiger partial charge in [-0.15, -0.1) is 0 Å². The Balaban J connectivity index is 1.91. The molecule has 1 fully saturated rings. The van der Waals surface area contributed by atoms with Crippen molar-refractivity contribution in [1.29, 1.82) is 0 Å². The molecule has 1 aliphatic rings. The quantitative estimate of drug-likeness (QED) is 0.899. The minimum Gasteiger partial charge on any atom is -0.497 e. The van der Waals surface area contributed by atoms with E-state index in [1.165, 1.54) is 25.7 Å². The van der Waals surface area contributed by atoms with Crippen LogP contribution >= 0.6 is 0 Å². The molecule has 3 heteroatoms. The third-order valence-corrected chi connectivity index (χ3v) is 4.87. The van der Waals surface area contributed by atoms with Crippen LogP contribution in [0, 0.1) is 5.41 Å². The summed E-state index contributed by atoms with van der Waals surface area (Å²) in [5.74, 6) is 0.800. The van der Waals surface area contributed by atoms with E-state index in [9.17, 15) is 5.11 Å². The van der Waals surface area contributed by atoms with Gasteiger partial charge in [0.1, 0.15) is 5.75 Å². The Morgan fingerprint density at radius 2 is 2.00 bits per heavy atom. The number of ether oxygens (including phenoxy) is 1. The van der Waals surface area contributed by atoms with E-state index >= 15 is 0 Å². The number of nitrogens with zero attached hydrogens (tertiary/aromatic N) is 1. The maximum absolute atomic E-state index is 10.4. The van der Waals surface area contributed by atoms with Gasteiger partial charge in [0.05, 0.1) is 13.2 Å². The molecule has 1 atom stereocenters. The Morgan fingerprint density at radius 3 is 2.62 bits per heavy atom. The second kappa shape index (κ2) is 6.80. The molecular formula is C18H29NO2. The summed E-state index contributed by atoms with van der Waals surface area (Å²) in [5, 5.41) is 10.4. The largest absolute Gasteiger partial charge is 0.497 e. The fourth-order valence-corrected chi connectivity index (χ4v) is 3.20. The second-order valence-corrected chi connectivity index (χ2v) is 7.13. The summed E-state index contributed by atoms with van der Waals surface area (Å²) in [4.78, 5) is 2.32. The standard InChI is InChI=1S/C18H29NO2/c1-18(2)10-8-15(9-11-18)19(3)13-17(20)14-6-5-7-16(12-14)21-4/h5-7,12,15,17,20H,8-11,13H2,1-4H3. The molecular weight excluding hydrogens is 262 g/mol. The number of rotatable bonds is 5. The summed E-state index contributed by atoms with van der Waals surface area (Å²) in [5.41, 5.74) is 1.42. The van der Waals surface area contributed by atoms with E-state index in [1.807, 2.05) is 24.3 Å². The summed E-state index contributed by atoms with van der Waals surface area (Å²) in [6, 6.07) is 8.32. The monoisotopic (exact) mass is 291 g/mol. The first kappa shape index (κ1) is 16.3. The molecule has 118 valence electrons. The van der Waals surface area contributed by atoms with Crippen molar-refractivity contribution >= 4 is 0 Å². The van der Waals surface area contributed by atoms with Crippen molar-refractivity contribution in [3.05, 3.63) is 29.8 Å².